The minimum atomic E-state index is -2.92. The lowest BCUT2D eigenvalue weighted by Crippen LogP contribution is -2.39. The normalized spacial score (nSPS) is 15.6. The van der Waals surface area contributed by atoms with Crippen molar-refractivity contribution >= 4 is 23.4 Å². The van der Waals surface area contributed by atoms with Crippen molar-refractivity contribution in [1.29, 1.82) is 0 Å². The van der Waals surface area contributed by atoms with Crippen molar-refractivity contribution in [2.75, 3.05) is 13.7 Å². The minimum absolute atomic E-state index is 0.0211. The van der Waals surface area contributed by atoms with Gasteiger partial charge < -0.3 is 14.2 Å². The lowest BCUT2D eigenvalue weighted by atomic mass is 9.96. The topological polar surface area (TPSA) is 79.1 Å². The lowest BCUT2D eigenvalue weighted by Gasteiger charge is -2.24. The van der Waals surface area contributed by atoms with E-state index < -0.39 is 18.6 Å². The van der Waals surface area contributed by atoms with E-state index in [0.717, 1.165) is 0 Å². The Hall–Kier alpha value is -3.79. The van der Waals surface area contributed by atoms with E-state index >= 15 is 0 Å². The highest BCUT2D eigenvalue weighted by molar-refractivity contribution is 7.07. The number of carbonyl (C=O) groups is 1. The summed E-state index contributed by atoms with van der Waals surface area (Å²) in [5.41, 5.74) is 1.73. The van der Waals surface area contributed by atoms with Crippen LogP contribution in [0.25, 0.3) is 6.08 Å². The maximum atomic E-state index is 13.5. The lowest BCUT2D eigenvalue weighted by molar-refractivity contribution is -0.139. The second kappa shape index (κ2) is 10.2. The van der Waals surface area contributed by atoms with Crippen LogP contribution in [0.1, 0.15) is 31.0 Å². The van der Waals surface area contributed by atoms with E-state index in [1.54, 1.807) is 63.4 Å². The number of benzene rings is 2. The molecule has 2 aromatic carbocycles. The Morgan fingerprint density at radius 3 is 2.40 bits per heavy atom. The van der Waals surface area contributed by atoms with E-state index in [1.165, 1.54) is 28.0 Å². The number of fused-ring (bicyclic) bond motifs is 1. The van der Waals surface area contributed by atoms with Gasteiger partial charge in [-0.05, 0) is 55.3 Å². The number of aromatic nitrogens is 1. The van der Waals surface area contributed by atoms with Gasteiger partial charge in [-0.25, -0.2) is 9.79 Å². The number of esters is 1. The summed E-state index contributed by atoms with van der Waals surface area (Å²) in [6.45, 7) is 0.685. The third kappa shape index (κ3) is 5.02. The van der Waals surface area contributed by atoms with Crippen molar-refractivity contribution in [2.24, 2.45) is 4.99 Å². The average molecular weight is 501 g/mol. The van der Waals surface area contributed by atoms with E-state index in [9.17, 15) is 18.4 Å². The minimum Gasteiger partial charge on any atom is -0.497 e. The molecule has 182 valence electrons. The number of allylic oxidation sites excluding steroid dienone is 1. The summed E-state index contributed by atoms with van der Waals surface area (Å²) < 4.78 is 41.6. The molecular formula is C25H22F2N2O5S. The van der Waals surface area contributed by atoms with Crippen LogP contribution in [0.2, 0.25) is 0 Å². The molecule has 3 aromatic rings. The average Bonchev–Trinajstić information content (AvgIpc) is 3.13. The van der Waals surface area contributed by atoms with Crippen molar-refractivity contribution in [3.63, 3.8) is 0 Å². The van der Waals surface area contributed by atoms with E-state index in [0.29, 0.717) is 31.9 Å². The molecule has 4 rings (SSSR count). The summed E-state index contributed by atoms with van der Waals surface area (Å²) in [6, 6.07) is 12.3. The second-order valence-electron chi connectivity index (χ2n) is 7.52. The molecule has 0 amide bonds. The van der Waals surface area contributed by atoms with Gasteiger partial charge in [-0.3, -0.25) is 9.36 Å². The number of alkyl halides is 2. The maximum absolute atomic E-state index is 13.5. The Morgan fingerprint density at radius 1 is 1.14 bits per heavy atom. The van der Waals surface area contributed by atoms with Gasteiger partial charge in [0.25, 0.3) is 5.56 Å². The molecule has 2 heterocycles. The molecule has 10 heteroatoms. The van der Waals surface area contributed by atoms with E-state index in [4.69, 9.17) is 9.47 Å². The van der Waals surface area contributed by atoms with Crippen LogP contribution < -0.4 is 24.4 Å². The predicted molar refractivity (Wildman–Crippen MR) is 126 cm³/mol. The Bertz CT molecular complexity index is 1440. The van der Waals surface area contributed by atoms with Gasteiger partial charge in [0.15, 0.2) is 4.80 Å². The van der Waals surface area contributed by atoms with E-state index in [2.05, 4.69) is 9.73 Å². The van der Waals surface area contributed by atoms with Crippen LogP contribution in [0.3, 0.4) is 0 Å². The van der Waals surface area contributed by atoms with Gasteiger partial charge >= 0.3 is 12.6 Å². The Labute approximate surface area is 203 Å². The van der Waals surface area contributed by atoms with Crippen molar-refractivity contribution < 1.29 is 27.8 Å². The first kappa shape index (κ1) is 24.3. The van der Waals surface area contributed by atoms with Crippen LogP contribution in [-0.4, -0.2) is 30.9 Å². The molecule has 0 radical (unpaired) electrons. The first-order valence-electron chi connectivity index (χ1n) is 10.7. The number of thiazole rings is 1. The zero-order valence-electron chi connectivity index (χ0n) is 19.2. The molecule has 0 N–H and O–H groups in total. The molecule has 35 heavy (non-hydrogen) atoms. The van der Waals surface area contributed by atoms with Crippen LogP contribution in [0.5, 0.6) is 11.5 Å². The van der Waals surface area contributed by atoms with E-state index in [-0.39, 0.29) is 23.5 Å². The van der Waals surface area contributed by atoms with Crippen molar-refractivity contribution in [1.82, 2.24) is 4.57 Å². The fraction of sp³-hybridized carbons (Fsp3) is 0.240. The highest BCUT2D eigenvalue weighted by Gasteiger charge is 2.33. The van der Waals surface area contributed by atoms with Crippen LogP contribution >= 0.6 is 11.3 Å². The number of hydrogen-bond acceptors (Lipinski definition) is 7. The molecule has 1 atom stereocenters. The number of nitrogens with zero attached hydrogens (tertiary/aromatic N) is 2. The molecule has 1 aliphatic rings. The zero-order chi connectivity index (χ0) is 25.1. The highest BCUT2D eigenvalue weighted by atomic mass is 32.1. The molecule has 0 bridgehead atoms. The molecule has 0 fully saturated rings. The van der Waals surface area contributed by atoms with Gasteiger partial charge in [0.05, 0.1) is 35.6 Å². The summed E-state index contributed by atoms with van der Waals surface area (Å²) in [4.78, 5) is 31.4. The van der Waals surface area contributed by atoms with Crippen molar-refractivity contribution in [2.45, 2.75) is 26.5 Å². The summed E-state index contributed by atoms with van der Waals surface area (Å²) in [5.74, 6) is 0.116. The van der Waals surface area contributed by atoms with Crippen LogP contribution in [0.15, 0.2) is 69.6 Å². The van der Waals surface area contributed by atoms with Gasteiger partial charge in [-0.15, -0.1) is 0 Å². The number of methoxy groups -OCH3 is 1. The fourth-order valence-corrected chi connectivity index (χ4v) is 4.84. The van der Waals surface area contributed by atoms with E-state index in [1.807, 2.05) is 0 Å². The Balaban J connectivity index is 1.85. The SMILES string of the molecule is CCOC(=O)C1=C(C)N=c2s/c(=C\c3ccc(OC(F)F)cc3)c(=O)n2C1c1ccc(OC)cc1. The molecule has 0 spiro atoms. The number of carbonyl (C=O) groups excluding carboxylic acids is 1. The molecule has 0 aliphatic carbocycles. The molecule has 1 aliphatic heterocycles. The van der Waals surface area contributed by atoms with Gasteiger partial charge in [-0.2, -0.15) is 8.78 Å². The van der Waals surface area contributed by atoms with Gasteiger partial charge in [0.1, 0.15) is 11.5 Å². The molecular weight excluding hydrogens is 478 g/mol. The highest BCUT2D eigenvalue weighted by Crippen LogP contribution is 2.31. The summed E-state index contributed by atoms with van der Waals surface area (Å²) in [7, 11) is 1.55. The monoisotopic (exact) mass is 500 g/mol. The second-order valence-corrected chi connectivity index (χ2v) is 8.53. The van der Waals surface area contributed by atoms with Crippen LogP contribution in [0, 0.1) is 0 Å². The molecule has 7 nitrogen and oxygen atoms in total. The number of halogens is 2. The van der Waals surface area contributed by atoms with Crippen molar-refractivity contribution in [3.05, 3.63) is 90.6 Å². The van der Waals surface area contributed by atoms with Crippen LogP contribution in [-0.2, 0) is 9.53 Å². The predicted octanol–water partition coefficient (Wildman–Crippen LogP) is 3.41. The molecule has 0 saturated heterocycles. The number of rotatable bonds is 7. The van der Waals surface area contributed by atoms with Crippen molar-refractivity contribution in [3.8, 4) is 11.5 Å². The first-order chi connectivity index (χ1) is 16.8. The molecule has 0 saturated carbocycles. The summed E-state index contributed by atoms with van der Waals surface area (Å²) in [6.07, 6.45) is 1.64. The maximum Gasteiger partial charge on any atom is 0.387 e. The Kier molecular flexibility index (Phi) is 7.11. The zero-order valence-corrected chi connectivity index (χ0v) is 20.0. The third-order valence-corrected chi connectivity index (χ3v) is 6.33. The largest absolute Gasteiger partial charge is 0.497 e. The summed E-state index contributed by atoms with van der Waals surface area (Å²) >= 11 is 1.17. The third-order valence-electron chi connectivity index (χ3n) is 5.35. The standard InChI is InChI=1S/C25H22F2N2O5S/c1-4-33-23(31)20-14(2)28-25-29(21(20)16-7-11-17(32-3)12-8-16)22(30)19(35-25)13-15-5-9-18(10-6-15)34-24(26)27/h5-13,21,24H,4H2,1-3H3/b19-13-. The van der Waals surface area contributed by atoms with Gasteiger partial charge in [0, 0.05) is 0 Å². The van der Waals surface area contributed by atoms with Gasteiger partial charge in [-0.1, -0.05) is 35.6 Å². The fourth-order valence-electron chi connectivity index (χ4n) is 3.79. The summed E-state index contributed by atoms with van der Waals surface area (Å²) in [5, 5.41) is 0. The van der Waals surface area contributed by atoms with Crippen LogP contribution in [0.4, 0.5) is 8.78 Å². The molecule has 1 unspecified atom stereocenters. The van der Waals surface area contributed by atoms with Gasteiger partial charge in [0.2, 0.25) is 0 Å². The quantitative estimate of drug-likeness (QED) is 0.465. The molecule has 1 aromatic heterocycles. The Morgan fingerprint density at radius 2 is 1.80 bits per heavy atom. The first-order valence-corrected chi connectivity index (χ1v) is 11.5. The number of ether oxygens (including phenoxy) is 3. The number of hydrogen-bond donors (Lipinski definition) is 0. The smallest absolute Gasteiger partial charge is 0.387 e.